The number of carbonyl (C=O) groups excluding carboxylic acids is 1. The Morgan fingerprint density at radius 3 is 2.20 bits per heavy atom. The zero-order valence-electron chi connectivity index (χ0n) is 16.0. The van der Waals surface area contributed by atoms with Crippen LogP contribution in [0.3, 0.4) is 0 Å². The summed E-state index contributed by atoms with van der Waals surface area (Å²) in [6, 6.07) is 5.92. The van der Waals surface area contributed by atoms with Gasteiger partial charge in [0, 0.05) is 38.8 Å². The van der Waals surface area contributed by atoms with E-state index in [0.717, 1.165) is 49.7 Å². The Hall–Kier alpha value is -1.95. The molecule has 6 heteroatoms. The van der Waals surface area contributed by atoms with E-state index < -0.39 is 5.60 Å². The predicted molar refractivity (Wildman–Crippen MR) is 97.2 cm³/mol. The van der Waals surface area contributed by atoms with Crippen molar-refractivity contribution in [1.82, 2.24) is 9.80 Å². The lowest BCUT2D eigenvalue weighted by Gasteiger charge is -2.26. The van der Waals surface area contributed by atoms with Gasteiger partial charge >= 0.3 is 6.09 Å². The third-order valence-corrected chi connectivity index (χ3v) is 4.06. The molecule has 1 aliphatic heterocycles. The van der Waals surface area contributed by atoms with Crippen LogP contribution in [0, 0.1) is 0 Å². The number of hydrogen-bond acceptors (Lipinski definition) is 5. The van der Waals surface area contributed by atoms with Crippen molar-refractivity contribution in [2.24, 2.45) is 0 Å². The van der Waals surface area contributed by atoms with Crippen LogP contribution in [0.5, 0.6) is 11.5 Å². The van der Waals surface area contributed by atoms with Crippen LogP contribution >= 0.6 is 0 Å². The molecule has 6 nitrogen and oxygen atoms in total. The summed E-state index contributed by atoms with van der Waals surface area (Å²) in [6.45, 7) is 9.65. The Balaban J connectivity index is 1.96. The first-order valence-corrected chi connectivity index (χ1v) is 8.73. The van der Waals surface area contributed by atoms with E-state index in [0.29, 0.717) is 6.54 Å². The zero-order chi connectivity index (χ0) is 18.4. The van der Waals surface area contributed by atoms with E-state index in [4.69, 9.17) is 14.2 Å². The highest BCUT2D eigenvalue weighted by Gasteiger charge is 2.24. The summed E-state index contributed by atoms with van der Waals surface area (Å²) in [6.07, 6.45) is 0.706. The molecule has 0 aliphatic carbocycles. The number of benzene rings is 1. The molecular formula is C19H30N2O4. The van der Waals surface area contributed by atoms with Crippen molar-refractivity contribution in [3.63, 3.8) is 0 Å². The quantitative estimate of drug-likeness (QED) is 0.835. The minimum absolute atomic E-state index is 0.225. The van der Waals surface area contributed by atoms with E-state index in [-0.39, 0.29) is 6.09 Å². The van der Waals surface area contributed by atoms with Gasteiger partial charge in [0.05, 0.1) is 14.2 Å². The van der Waals surface area contributed by atoms with Crippen molar-refractivity contribution in [2.75, 3.05) is 40.4 Å². The summed E-state index contributed by atoms with van der Waals surface area (Å²) in [5.41, 5.74) is 0.683. The normalized spacial score (nSPS) is 16.3. The highest BCUT2D eigenvalue weighted by molar-refractivity contribution is 5.68. The SMILES string of the molecule is COc1cc(CN2CCCN(C(=O)OC(C)(C)C)CC2)cc(OC)c1. The van der Waals surface area contributed by atoms with Crippen LogP contribution in [-0.2, 0) is 11.3 Å². The van der Waals surface area contributed by atoms with Gasteiger partial charge in [0.15, 0.2) is 0 Å². The Morgan fingerprint density at radius 1 is 1.00 bits per heavy atom. The second-order valence-corrected chi connectivity index (χ2v) is 7.32. The zero-order valence-corrected chi connectivity index (χ0v) is 16.0. The molecule has 1 amide bonds. The van der Waals surface area contributed by atoms with E-state index in [9.17, 15) is 4.79 Å². The number of hydrogen-bond donors (Lipinski definition) is 0. The molecule has 0 bridgehead atoms. The molecule has 0 radical (unpaired) electrons. The molecule has 0 N–H and O–H groups in total. The highest BCUT2D eigenvalue weighted by atomic mass is 16.6. The topological polar surface area (TPSA) is 51.2 Å². The Bertz CT molecular complexity index is 561. The minimum atomic E-state index is -0.458. The van der Waals surface area contributed by atoms with Crippen LogP contribution in [0.15, 0.2) is 18.2 Å². The van der Waals surface area contributed by atoms with Crippen molar-refractivity contribution in [3.8, 4) is 11.5 Å². The van der Waals surface area contributed by atoms with Gasteiger partial charge in [-0.3, -0.25) is 4.90 Å². The third kappa shape index (κ3) is 6.12. The Kier molecular flexibility index (Phi) is 6.53. The molecule has 1 aromatic carbocycles. The third-order valence-electron chi connectivity index (χ3n) is 4.06. The van der Waals surface area contributed by atoms with Gasteiger partial charge in [-0.05, 0) is 44.9 Å². The lowest BCUT2D eigenvalue weighted by molar-refractivity contribution is 0.0257. The monoisotopic (exact) mass is 350 g/mol. The van der Waals surface area contributed by atoms with Crippen LogP contribution in [0.1, 0.15) is 32.8 Å². The van der Waals surface area contributed by atoms with Crippen LogP contribution < -0.4 is 9.47 Å². The van der Waals surface area contributed by atoms with Crippen molar-refractivity contribution < 1.29 is 19.0 Å². The standard InChI is InChI=1S/C19H30N2O4/c1-19(2,3)25-18(22)21-8-6-7-20(9-10-21)14-15-11-16(23-4)13-17(12-15)24-5/h11-13H,6-10,14H2,1-5H3. The first-order valence-electron chi connectivity index (χ1n) is 8.73. The number of amides is 1. The van der Waals surface area contributed by atoms with Gasteiger partial charge in [-0.25, -0.2) is 4.79 Å². The van der Waals surface area contributed by atoms with Gasteiger partial charge in [0.1, 0.15) is 17.1 Å². The maximum atomic E-state index is 12.3. The molecule has 0 unspecified atom stereocenters. The Morgan fingerprint density at radius 2 is 1.64 bits per heavy atom. The molecule has 0 aromatic heterocycles. The predicted octanol–water partition coefficient (Wildman–Crippen LogP) is 3.15. The maximum Gasteiger partial charge on any atom is 0.410 e. The number of nitrogens with zero attached hydrogens (tertiary/aromatic N) is 2. The van der Waals surface area contributed by atoms with Gasteiger partial charge in [-0.2, -0.15) is 0 Å². The number of ether oxygens (including phenoxy) is 3. The van der Waals surface area contributed by atoms with Gasteiger partial charge in [-0.15, -0.1) is 0 Å². The molecule has 0 atom stereocenters. The van der Waals surface area contributed by atoms with E-state index >= 15 is 0 Å². The van der Waals surface area contributed by atoms with Gasteiger partial charge < -0.3 is 19.1 Å². The van der Waals surface area contributed by atoms with E-state index in [1.54, 1.807) is 19.1 Å². The maximum absolute atomic E-state index is 12.3. The van der Waals surface area contributed by atoms with Crippen molar-refractivity contribution in [2.45, 2.75) is 39.3 Å². The lowest BCUT2D eigenvalue weighted by Crippen LogP contribution is -2.39. The molecule has 0 spiro atoms. The van der Waals surface area contributed by atoms with Gasteiger partial charge in [0.25, 0.3) is 0 Å². The molecule has 1 aromatic rings. The summed E-state index contributed by atoms with van der Waals surface area (Å²) in [5, 5.41) is 0. The molecular weight excluding hydrogens is 320 g/mol. The summed E-state index contributed by atoms with van der Waals surface area (Å²) >= 11 is 0. The number of rotatable bonds is 4. The molecule has 2 rings (SSSR count). The van der Waals surface area contributed by atoms with Gasteiger partial charge in [-0.1, -0.05) is 0 Å². The number of carbonyl (C=O) groups is 1. The van der Waals surface area contributed by atoms with E-state index in [1.165, 1.54) is 0 Å². The second kappa shape index (κ2) is 8.43. The fraction of sp³-hybridized carbons (Fsp3) is 0.632. The van der Waals surface area contributed by atoms with Crippen molar-refractivity contribution >= 4 is 6.09 Å². The highest BCUT2D eigenvalue weighted by Crippen LogP contribution is 2.24. The van der Waals surface area contributed by atoms with Crippen LogP contribution in [-0.4, -0.2) is 61.9 Å². The van der Waals surface area contributed by atoms with Gasteiger partial charge in [0.2, 0.25) is 0 Å². The van der Waals surface area contributed by atoms with Crippen LogP contribution in [0.4, 0.5) is 4.79 Å². The minimum Gasteiger partial charge on any atom is -0.497 e. The van der Waals surface area contributed by atoms with Crippen molar-refractivity contribution in [1.29, 1.82) is 0 Å². The molecule has 1 heterocycles. The first kappa shape index (κ1) is 19.4. The average molecular weight is 350 g/mol. The molecule has 1 fully saturated rings. The molecule has 1 saturated heterocycles. The molecule has 0 saturated carbocycles. The second-order valence-electron chi connectivity index (χ2n) is 7.32. The molecule has 140 valence electrons. The van der Waals surface area contributed by atoms with Crippen molar-refractivity contribution in [3.05, 3.63) is 23.8 Å². The molecule has 25 heavy (non-hydrogen) atoms. The lowest BCUT2D eigenvalue weighted by atomic mass is 10.2. The summed E-state index contributed by atoms with van der Waals surface area (Å²) in [4.78, 5) is 16.4. The summed E-state index contributed by atoms with van der Waals surface area (Å²) in [5.74, 6) is 1.58. The smallest absolute Gasteiger partial charge is 0.410 e. The summed E-state index contributed by atoms with van der Waals surface area (Å²) in [7, 11) is 3.31. The summed E-state index contributed by atoms with van der Waals surface area (Å²) < 4.78 is 16.2. The fourth-order valence-electron chi connectivity index (χ4n) is 2.85. The molecule has 1 aliphatic rings. The average Bonchev–Trinajstić information content (AvgIpc) is 2.78. The van der Waals surface area contributed by atoms with Crippen LogP contribution in [0.25, 0.3) is 0 Å². The fourth-order valence-corrected chi connectivity index (χ4v) is 2.85. The van der Waals surface area contributed by atoms with Crippen LogP contribution in [0.2, 0.25) is 0 Å². The number of methoxy groups -OCH3 is 2. The van der Waals surface area contributed by atoms with E-state index in [1.807, 2.05) is 39.0 Å². The largest absolute Gasteiger partial charge is 0.497 e. The Labute approximate surface area is 150 Å². The van der Waals surface area contributed by atoms with E-state index in [2.05, 4.69) is 4.90 Å². The first-order chi connectivity index (χ1) is 11.8.